The van der Waals surface area contributed by atoms with E-state index in [0.717, 1.165) is 0 Å². The summed E-state index contributed by atoms with van der Waals surface area (Å²) in [5, 5.41) is 8.65. The van der Waals surface area contributed by atoms with Crippen LogP contribution in [0.2, 0.25) is 0 Å². The van der Waals surface area contributed by atoms with E-state index in [2.05, 4.69) is 4.72 Å². The van der Waals surface area contributed by atoms with Crippen LogP contribution in [0.3, 0.4) is 0 Å². The van der Waals surface area contributed by atoms with E-state index in [4.69, 9.17) is 5.11 Å². The van der Waals surface area contributed by atoms with Gasteiger partial charge in [0.2, 0.25) is 10.0 Å². The van der Waals surface area contributed by atoms with Crippen molar-refractivity contribution >= 4 is 10.0 Å². The highest BCUT2D eigenvalue weighted by Gasteiger charge is 2.16. The van der Waals surface area contributed by atoms with Gasteiger partial charge in [-0.2, -0.15) is 0 Å². The Bertz CT molecular complexity index is 402. The fourth-order valence-electron chi connectivity index (χ4n) is 1.39. The van der Waals surface area contributed by atoms with E-state index in [1.165, 1.54) is 0 Å². The lowest BCUT2D eigenvalue weighted by Crippen LogP contribution is -2.32. The first-order valence-electron chi connectivity index (χ1n) is 5.24. The summed E-state index contributed by atoms with van der Waals surface area (Å²) in [7, 11) is -3.42. The lowest BCUT2D eigenvalue weighted by Gasteiger charge is -2.13. The molecule has 0 bridgehead atoms. The number of hydrogen-bond donors (Lipinski definition) is 2. The first-order valence-corrected chi connectivity index (χ1v) is 6.73. The molecule has 0 aliphatic rings. The Morgan fingerprint density at radius 2 is 1.94 bits per heavy atom. The Morgan fingerprint density at radius 3 is 2.50 bits per heavy atom. The van der Waals surface area contributed by atoms with Gasteiger partial charge in [0.05, 0.1) is 4.90 Å². The van der Waals surface area contributed by atoms with Gasteiger partial charge in [-0.05, 0) is 31.9 Å². The third-order valence-corrected chi connectivity index (χ3v) is 3.81. The van der Waals surface area contributed by atoms with E-state index in [1.807, 2.05) is 0 Å². The molecule has 0 fully saturated rings. The summed E-state index contributed by atoms with van der Waals surface area (Å²) in [5.74, 6) is 0. The summed E-state index contributed by atoms with van der Waals surface area (Å²) >= 11 is 0. The molecule has 0 saturated heterocycles. The largest absolute Gasteiger partial charge is 0.396 e. The van der Waals surface area contributed by atoms with Crippen molar-refractivity contribution in [2.45, 2.75) is 30.7 Å². The van der Waals surface area contributed by atoms with Crippen molar-refractivity contribution in [3.8, 4) is 0 Å². The maximum Gasteiger partial charge on any atom is 0.240 e. The normalized spacial score (nSPS) is 13.6. The minimum absolute atomic E-state index is 0.0808. The Balaban J connectivity index is 2.66. The molecule has 1 aromatic carbocycles. The summed E-state index contributed by atoms with van der Waals surface area (Å²) in [4.78, 5) is 0.269. The molecule has 0 aromatic heterocycles. The van der Waals surface area contributed by atoms with Crippen LogP contribution in [0.1, 0.15) is 19.8 Å². The van der Waals surface area contributed by atoms with Crippen molar-refractivity contribution in [1.82, 2.24) is 4.72 Å². The summed E-state index contributed by atoms with van der Waals surface area (Å²) in [6, 6.07) is 8.09. The van der Waals surface area contributed by atoms with Crippen LogP contribution in [0.5, 0.6) is 0 Å². The molecular formula is C11H17NO3S. The topological polar surface area (TPSA) is 66.4 Å². The number of aliphatic hydroxyl groups is 1. The number of benzene rings is 1. The highest BCUT2D eigenvalue weighted by molar-refractivity contribution is 7.89. The summed E-state index contributed by atoms with van der Waals surface area (Å²) < 4.78 is 26.2. The minimum Gasteiger partial charge on any atom is -0.396 e. The Morgan fingerprint density at radius 1 is 1.31 bits per heavy atom. The molecule has 0 radical (unpaired) electrons. The fourth-order valence-corrected chi connectivity index (χ4v) is 2.69. The third-order valence-electron chi connectivity index (χ3n) is 2.21. The van der Waals surface area contributed by atoms with Gasteiger partial charge in [0.15, 0.2) is 0 Å². The molecule has 1 atom stereocenters. The standard InChI is InChI=1S/C11H17NO3S/c1-10(6-5-9-13)12-16(14,15)11-7-3-2-4-8-11/h2-4,7-8,10,12-13H,5-6,9H2,1H3/t10-/m1/s1. The molecule has 2 N–H and O–H groups in total. The number of nitrogens with one attached hydrogen (secondary N) is 1. The van der Waals surface area contributed by atoms with Gasteiger partial charge in [0.25, 0.3) is 0 Å². The van der Waals surface area contributed by atoms with Gasteiger partial charge in [-0.15, -0.1) is 0 Å². The summed E-state index contributed by atoms with van der Waals surface area (Å²) in [5.41, 5.74) is 0. The van der Waals surface area contributed by atoms with E-state index in [-0.39, 0.29) is 17.5 Å². The molecule has 0 heterocycles. The molecule has 0 saturated carbocycles. The molecule has 0 unspecified atom stereocenters. The van der Waals surface area contributed by atoms with E-state index in [9.17, 15) is 8.42 Å². The molecule has 0 amide bonds. The molecule has 0 spiro atoms. The van der Waals surface area contributed by atoms with E-state index in [0.29, 0.717) is 12.8 Å². The third kappa shape index (κ3) is 3.92. The average Bonchev–Trinajstić information content (AvgIpc) is 2.27. The molecule has 0 aliphatic carbocycles. The van der Waals surface area contributed by atoms with Crippen LogP contribution in [-0.2, 0) is 10.0 Å². The monoisotopic (exact) mass is 243 g/mol. The first-order chi connectivity index (χ1) is 7.56. The van der Waals surface area contributed by atoms with Crippen LogP contribution in [0, 0.1) is 0 Å². The first kappa shape index (κ1) is 13.2. The van der Waals surface area contributed by atoms with Crippen molar-refractivity contribution in [2.75, 3.05) is 6.61 Å². The fraction of sp³-hybridized carbons (Fsp3) is 0.455. The maximum absolute atomic E-state index is 11.8. The van der Waals surface area contributed by atoms with Crippen LogP contribution in [0.15, 0.2) is 35.2 Å². The lowest BCUT2D eigenvalue weighted by atomic mass is 10.2. The number of sulfonamides is 1. The predicted octanol–water partition coefficient (Wildman–Crippen LogP) is 1.13. The van der Waals surface area contributed by atoms with Gasteiger partial charge in [-0.25, -0.2) is 13.1 Å². The van der Waals surface area contributed by atoms with Gasteiger partial charge in [0.1, 0.15) is 0 Å². The predicted molar refractivity (Wildman–Crippen MR) is 62.5 cm³/mol. The minimum atomic E-state index is -3.42. The quantitative estimate of drug-likeness (QED) is 0.787. The Labute approximate surface area is 96.4 Å². The molecule has 90 valence electrons. The Kier molecular flexibility index (Phi) is 4.92. The van der Waals surface area contributed by atoms with Crippen molar-refractivity contribution in [3.63, 3.8) is 0 Å². The molecular weight excluding hydrogens is 226 g/mol. The van der Waals surface area contributed by atoms with Gasteiger partial charge in [-0.3, -0.25) is 0 Å². The molecule has 4 nitrogen and oxygen atoms in total. The van der Waals surface area contributed by atoms with Crippen LogP contribution in [0.25, 0.3) is 0 Å². The van der Waals surface area contributed by atoms with Gasteiger partial charge >= 0.3 is 0 Å². The zero-order valence-corrected chi connectivity index (χ0v) is 10.1. The van der Waals surface area contributed by atoms with Crippen LogP contribution < -0.4 is 4.72 Å². The average molecular weight is 243 g/mol. The smallest absolute Gasteiger partial charge is 0.240 e. The van der Waals surface area contributed by atoms with Gasteiger partial charge in [-0.1, -0.05) is 18.2 Å². The zero-order valence-electron chi connectivity index (χ0n) is 9.26. The van der Waals surface area contributed by atoms with Crippen molar-refractivity contribution in [1.29, 1.82) is 0 Å². The number of rotatable bonds is 6. The summed E-state index contributed by atoms with van der Waals surface area (Å²) in [6.07, 6.45) is 1.22. The molecule has 1 aromatic rings. The zero-order chi connectivity index (χ0) is 12.0. The SMILES string of the molecule is C[C@H](CCCO)NS(=O)(=O)c1ccccc1. The number of aliphatic hydroxyl groups excluding tert-OH is 1. The summed E-state index contributed by atoms with van der Waals surface area (Å²) in [6.45, 7) is 1.87. The highest BCUT2D eigenvalue weighted by Crippen LogP contribution is 2.09. The second-order valence-corrected chi connectivity index (χ2v) is 5.42. The van der Waals surface area contributed by atoms with Crippen molar-refractivity contribution in [2.24, 2.45) is 0 Å². The highest BCUT2D eigenvalue weighted by atomic mass is 32.2. The van der Waals surface area contributed by atoms with Crippen molar-refractivity contribution < 1.29 is 13.5 Å². The second-order valence-electron chi connectivity index (χ2n) is 3.70. The van der Waals surface area contributed by atoms with E-state index < -0.39 is 10.0 Å². The molecule has 5 heteroatoms. The number of hydrogen-bond acceptors (Lipinski definition) is 3. The van der Waals surface area contributed by atoms with E-state index in [1.54, 1.807) is 37.3 Å². The van der Waals surface area contributed by atoms with E-state index >= 15 is 0 Å². The molecule has 16 heavy (non-hydrogen) atoms. The molecule has 1 rings (SSSR count). The van der Waals surface area contributed by atoms with Crippen LogP contribution >= 0.6 is 0 Å². The van der Waals surface area contributed by atoms with Gasteiger partial charge in [0, 0.05) is 12.6 Å². The molecule has 0 aliphatic heterocycles. The van der Waals surface area contributed by atoms with Gasteiger partial charge < -0.3 is 5.11 Å². The van der Waals surface area contributed by atoms with Crippen LogP contribution in [-0.4, -0.2) is 26.2 Å². The lowest BCUT2D eigenvalue weighted by molar-refractivity contribution is 0.279. The Hall–Kier alpha value is -0.910. The van der Waals surface area contributed by atoms with Crippen LogP contribution in [0.4, 0.5) is 0 Å². The van der Waals surface area contributed by atoms with Crippen molar-refractivity contribution in [3.05, 3.63) is 30.3 Å². The second kappa shape index (κ2) is 5.98. The maximum atomic E-state index is 11.8.